The highest BCUT2D eigenvalue weighted by atomic mass is 35.5. The van der Waals surface area contributed by atoms with Gasteiger partial charge in [-0.15, -0.1) is 12.4 Å². The molecule has 114 valence electrons. The van der Waals surface area contributed by atoms with E-state index in [0.717, 1.165) is 44.4 Å². The largest absolute Gasteiger partial charge is 0.342 e. The summed E-state index contributed by atoms with van der Waals surface area (Å²) in [6, 6.07) is 0. The molecule has 4 aliphatic rings. The van der Waals surface area contributed by atoms with Crippen LogP contribution in [0, 0.1) is 23.2 Å². The summed E-state index contributed by atoms with van der Waals surface area (Å²) in [6.07, 6.45) is 9.10. The summed E-state index contributed by atoms with van der Waals surface area (Å²) in [6.45, 7) is 4.16. The van der Waals surface area contributed by atoms with Gasteiger partial charge in [0.15, 0.2) is 0 Å². The van der Waals surface area contributed by atoms with E-state index in [0.29, 0.717) is 11.8 Å². The molecule has 0 bridgehead atoms. The Balaban J connectivity index is 0.00000121. The Hall–Kier alpha value is -0.280. The fourth-order valence-electron chi connectivity index (χ4n) is 5.38. The molecule has 0 spiro atoms. The van der Waals surface area contributed by atoms with E-state index in [2.05, 4.69) is 10.2 Å². The highest BCUT2D eigenvalue weighted by Gasteiger charge is 2.53. The summed E-state index contributed by atoms with van der Waals surface area (Å²) in [5.41, 5.74) is -0.0170. The van der Waals surface area contributed by atoms with Crippen LogP contribution < -0.4 is 5.32 Å². The van der Waals surface area contributed by atoms with Gasteiger partial charge < -0.3 is 10.2 Å². The zero-order valence-corrected chi connectivity index (χ0v) is 13.1. The summed E-state index contributed by atoms with van der Waals surface area (Å²) in [5, 5.41) is 3.51. The predicted octanol–water partition coefficient (Wildman–Crippen LogP) is 2.45. The average Bonchev–Trinajstić information content (AvgIpc) is 3.11. The summed E-state index contributed by atoms with van der Waals surface area (Å²) in [4.78, 5) is 15.4. The molecule has 4 rings (SSSR count). The molecule has 2 saturated heterocycles. The van der Waals surface area contributed by atoms with Gasteiger partial charge >= 0.3 is 0 Å². The summed E-state index contributed by atoms with van der Waals surface area (Å²) < 4.78 is 0. The highest BCUT2D eigenvalue weighted by Crippen LogP contribution is 2.47. The van der Waals surface area contributed by atoms with Gasteiger partial charge in [-0.25, -0.2) is 0 Å². The minimum absolute atomic E-state index is 0. The van der Waals surface area contributed by atoms with Crippen LogP contribution in [0.1, 0.15) is 44.9 Å². The third kappa shape index (κ3) is 2.09. The standard InChI is InChI=1S/C16H26N2O.ClH/c19-15(18-9-12-4-3-5-13(12)10-18)16-7-2-1-6-14(16)8-17-11-16;/h12-14,17H,1-11H2;1H/t12?,13?,14-,16+;/m0./s1. The first-order chi connectivity index (χ1) is 9.29. The predicted molar refractivity (Wildman–Crippen MR) is 81.9 cm³/mol. The number of halogens is 1. The van der Waals surface area contributed by atoms with E-state index in [1.165, 1.54) is 38.5 Å². The fourth-order valence-corrected chi connectivity index (χ4v) is 5.38. The number of carbonyl (C=O) groups excluding carboxylic acids is 1. The van der Waals surface area contributed by atoms with E-state index in [4.69, 9.17) is 0 Å². The summed E-state index contributed by atoms with van der Waals surface area (Å²) in [5.74, 6) is 2.79. The second kappa shape index (κ2) is 5.49. The molecule has 20 heavy (non-hydrogen) atoms. The van der Waals surface area contributed by atoms with Gasteiger partial charge in [0.25, 0.3) is 0 Å². The molecule has 0 aromatic carbocycles. The zero-order valence-electron chi connectivity index (χ0n) is 12.3. The Morgan fingerprint density at radius 2 is 1.80 bits per heavy atom. The van der Waals surface area contributed by atoms with Gasteiger partial charge in [-0.05, 0) is 50.0 Å². The van der Waals surface area contributed by atoms with Crippen molar-refractivity contribution >= 4 is 18.3 Å². The maximum Gasteiger partial charge on any atom is 0.230 e. The number of hydrogen-bond donors (Lipinski definition) is 1. The van der Waals surface area contributed by atoms with E-state index in [1.807, 2.05) is 0 Å². The van der Waals surface area contributed by atoms with Crippen LogP contribution in [0.5, 0.6) is 0 Å². The van der Waals surface area contributed by atoms with Gasteiger partial charge in [-0.2, -0.15) is 0 Å². The number of nitrogens with zero attached hydrogens (tertiary/aromatic N) is 1. The topological polar surface area (TPSA) is 32.3 Å². The maximum atomic E-state index is 13.1. The zero-order chi connectivity index (χ0) is 12.9. The van der Waals surface area contributed by atoms with Crippen LogP contribution >= 0.6 is 12.4 Å². The first-order valence-corrected chi connectivity index (χ1v) is 8.30. The van der Waals surface area contributed by atoms with Gasteiger partial charge in [-0.3, -0.25) is 4.79 Å². The van der Waals surface area contributed by atoms with Gasteiger partial charge in [0.05, 0.1) is 5.41 Å². The third-order valence-corrected chi connectivity index (χ3v) is 6.48. The van der Waals surface area contributed by atoms with Crippen molar-refractivity contribution in [1.82, 2.24) is 10.2 Å². The number of carbonyl (C=O) groups is 1. The van der Waals surface area contributed by atoms with Crippen LogP contribution in [0.25, 0.3) is 0 Å². The molecular formula is C16H27ClN2O. The fraction of sp³-hybridized carbons (Fsp3) is 0.938. The number of likely N-dealkylation sites (tertiary alicyclic amines) is 1. The molecular weight excluding hydrogens is 272 g/mol. The van der Waals surface area contributed by atoms with E-state index in [-0.39, 0.29) is 17.8 Å². The Bertz CT molecular complexity index is 377. The lowest BCUT2D eigenvalue weighted by molar-refractivity contribution is -0.144. The minimum Gasteiger partial charge on any atom is -0.342 e. The molecule has 2 aliphatic heterocycles. The molecule has 4 heteroatoms. The molecule has 0 radical (unpaired) electrons. The molecule has 1 amide bonds. The van der Waals surface area contributed by atoms with Gasteiger partial charge in [0.1, 0.15) is 0 Å². The number of hydrogen-bond acceptors (Lipinski definition) is 2. The van der Waals surface area contributed by atoms with Crippen LogP contribution in [-0.4, -0.2) is 37.0 Å². The maximum absolute atomic E-state index is 13.1. The number of amides is 1. The minimum atomic E-state index is -0.0170. The van der Waals surface area contributed by atoms with Gasteiger partial charge in [0, 0.05) is 19.6 Å². The Kier molecular flexibility index (Phi) is 4.02. The Labute approximate surface area is 128 Å². The average molecular weight is 299 g/mol. The quantitative estimate of drug-likeness (QED) is 0.806. The molecule has 1 N–H and O–H groups in total. The molecule has 2 unspecified atom stereocenters. The van der Waals surface area contributed by atoms with Crippen molar-refractivity contribution in [3.63, 3.8) is 0 Å². The van der Waals surface area contributed by atoms with Crippen molar-refractivity contribution in [2.75, 3.05) is 26.2 Å². The van der Waals surface area contributed by atoms with E-state index >= 15 is 0 Å². The lowest BCUT2D eigenvalue weighted by Gasteiger charge is -2.40. The molecule has 2 saturated carbocycles. The van der Waals surface area contributed by atoms with Crippen molar-refractivity contribution in [3.05, 3.63) is 0 Å². The molecule has 3 nitrogen and oxygen atoms in total. The number of fused-ring (bicyclic) bond motifs is 2. The third-order valence-electron chi connectivity index (χ3n) is 6.48. The van der Waals surface area contributed by atoms with Crippen LogP contribution in [0.4, 0.5) is 0 Å². The monoisotopic (exact) mass is 298 g/mol. The van der Waals surface area contributed by atoms with Crippen LogP contribution in [0.2, 0.25) is 0 Å². The lowest BCUT2D eigenvalue weighted by atomic mass is 9.67. The van der Waals surface area contributed by atoms with Crippen molar-refractivity contribution in [1.29, 1.82) is 0 Å². The van der Waals surface area contributed by atoms with E-state index < -0.39 is 0 Å². The molecule has 0 aromatic rings. The first kappa shape index (κ1) is 14.6. The summed E-state index contributed by atoms with van der Waals surface area (Å²) in [7, 11) is 0. The number of nitrogens with one attached hydrogen (secondary N) is 1. The van der Waals surface area contributed by atoms with E-state index in [1.54, 1.807) is 0 Å². The molecule has 2 aliphatic carbocycles. The molecule has 2 heterocycles. The SMILES string of the molecule is Cl.O=C(N1CC2CCCC2C1)[C@@]12CCCC[C@H]1CNC2. The van der Waals surface area contributed by atoms with Crippen molar-refractivity contribution in [2.24, 2.45) is 23.2 Å². The first-order valence-electron chi connectivity index (χ1n) is 8.30. The number of rotatable bonds is 1. The van der Waals surface area contributed by atoms with Crippen LogP contribution in [0.15, 0.2) is 0 Å². The Morgan fingerprint density at radius 3 is 2.55 bits per heavy atom. The summed E-state index contributed by atoms with van der Waals surface area (Å²) >= 11 is 0. The molecule has 4 atom stereocenters. The van der Waals surface area contributed by atoms with Crippen molar-refractivity contribution in [2.45, 2.75) is 44.9 Å². The lowest BCUT2D eigenvalue weighted by Crippen LogP contribution is -2.49. The van der Waals surface area contributed by atoms with Crippen molar-refractivity contribution in [3.8, 4) is 0 Å². The smallest absolute Gasteiger partial charge is 0.230 e. The van der Waals surface area contributed by atoms with Gasteiger partial charge in [0.2, 0.25) is 5.91 Å². The Morgan fingerprint density at radius 1 is 1.05 bits per heavy atom. The highest BCUT2D eigenvalue weighted by molar-refractivity contribution is 5.85. The van der Waals surface area contributed by atoms with Crippen LogP contribution in [-0.2, 0) is 4.79 Å². The molecule has 0 aromatic heterocycles. The second-order valence-corrected chi connectivity index (χ2v) is 7.39. The van der Waals surface area contributed by atoms with Crippen molar-refractivity contribution < 1.29 is 4.79 Å². The van der Waals surface area contributed by atoms with E-state index in [9.17, 15) is 4.79 Å². The normalized spacial score (nSPS) is 43.0. The van der Waals surface area contributed by atoms with Gasteiger partial charge in [-0.1, -0.05) is 19.3 Å². The van der Waals surface area contributed by atoms with Crippen LogP contribution in [0.3, 0.4) is 0 Å². The second-order valence-electron chi connectivity index (χ2n) is 7.39. The molecule has 4 fully saturated rings.